The average Bonchev–Trinajstić information content (AvgIpc) is 3.49. The number of piperazine rings is 1. The van der Waals surface area contributed by atoms with Gasteiger partial charge in [0.2, 0.25) is 12.7 Å². The molecular weight excluding hydrogens is 408 g/mol. The third-order valence-corrected chi connectivity index (χ3v) is 5.75. The van der Waals surface area contributed by atoms with E-state index in [0.29, 0.717) is 30.4 Å². The SMILES string of the molecule is O=C(NCc1ccc2c(c1)OCO2)c1coc(CN2CCN(Cc3ccccc3)CC2)n1. The van der Waals surface area contributed by atoms with Crippen molar-refractivity contribution in [3.8, 4) is 11.5 Å². The Labute approximate surface area is 186 Å². The highest BCUT2D eigenvalue weighted by molar-refractivity contribution is 5.91. The third-order valence-electron chi connectivity index (χ3n) is 5.75. The van der Waals surface area contributed by atoms with Crippen LogP contribution >= 0.6 is 0 Å². The number of ether oxygens (including phenoxy) is 2. The number of carbonyl (C=O) groups is 1. The molecule has 2 aromatic carbocycles. The van der Waals surface area contributed by atoms with Crippen LogP contribution in [0.3, 0.4) is 0 Å². The molecule has 1 saturated heterocycles. The lowest BCUT2D eigenvalue weighted by molar-refractivity contribution is 0.0945. The van der Waals surface area contributed by atoms with E-state index in [2.05, 4.69) is 44.4 Å². The van der Waals surface area contributed by atoms with Crippen LogP contribution in [-0.2, 0) is 19.6 Å². The Balaban J connectivity index is 1.08. The molecule has 3 aromatic rings. The molecule has 0 spiro atoms. The van der Waals surface area contributed by atoms with Gasteiger partial charge in [-0.15, -0.1) is 0 Å². The lowest BCUT2D eigenvalue weighted by atomic mass is 10.2. The Hall–Kier alpha value is -3.36. The second kappa shape index (κ2) is 9.42. The number of hydrogen-bond donors (Lipinski definition) is 1. The molecule has 1 fully saturated rings. The standard InChI is InChI=1S/C24H26N4O4/c29-24(25-13-19-6-7-21-22(12-19)32-17-31-21)20-16-30-23(26-20)15-28-10-8-27(9-11-28)14-18-4-2-1-3-5-18/h1-7,12,16H,8-11,13-15,17H2,(H,25,29). The highest BCUT2D eigenvalue weighted by Gasteiger charge is 2.20. The van der Waals surface area contributed by atoms with Gasteiger partial charge in [-0.1, -0.05) is 36.4 Å². The number of nitrogens with zero attached hydrogens (tertiary/aromatic N) is 3. The van der Waals surface area contributed by atoms with Crippen LogP contribution in [0.4, 0.5) is 0 Å². The molecule has 1 N–H and O–H groups in total. The van der Waals surface area contributed by atoms with Crippen LogP contribution in [0, 0.1) is 0 Å². The first-order chi connectivity index (χ1) is 15.7. The Kier molecular flexibility index (Phi) is 6.04. The van der Waals surface area contributed by atoms with E-state index in [9.17, 15) is 4.79 Å². The molecule has 0 unspecified atom stereocenters. The van der Waals surface area contributed by atoms with Crippen molar-refractivity contribution in [2.75, 3.05) is 33.0 Å². The molecule has 2 aliphatic rings. The van der Waals surface area contributed by atoms with E-state index < -0.39 is 0 Å². The summed E-state index contributed by atoms with van der Waals surface area (Å²) < 4.78 is 16.2. The predicted octanol–water partition coefficient (Wildman–Crippen LogP) is 2.65. The molecule has 0 radical (unpaired) electrons. The maximum absolute atomic E-state index is 12.5. The fraction of sp³-hybridized carbons (Fsp3) is 0.333. The molecule has 1 aromatic heterocycles. The Morgan fingerprint density at radius 3 is 2.47 bits per heavy atom. The molecule has 0 atom stereocenters. The molecule has 2 aliphatic heterocycles. The molecule has 166 valence electrons. The van der Waals surface area contributed by atoms with Crippen LogP contribution in [0.5, 0.6) is 11.5 Å². The number of amides is 1. The molecular formula is C24H26N4O4. The number of nitrogens with one attached hydrogen (secondary N) is 1. The lowest BCUT2D eigenvalue weighted by Crippen LogP contribution is -2.45. The van der Waals surface area contributed by atoms with Gasteiger partial charge in [0.25, 0.3) is 5.91 Å². The molecule has 32 heavy (non-hydrogen) atoms. The molecule has 0 aliphatic carbocycles. The minimum Gasteiger partial charge on any atom is -0.454 e. The van der Waals surface area contributed by atoms with E-state index in [1.54, 1.807) is 0 Å². The number of aromatic nitrogens is 1. The lowest BCUT2D eigenvalue weighted by Gasteiger charge is -2.34. The van der Waals surface area contributed by atoms with Crippen LogP contribution in [0.1, 0.15) is 27.5 Å². The van der Waals surface area contributed by atoms with Crippen molar-refractivity contribution in [2.45, 2.75) is 19.6 Å². The van der Waals surface area contributed by atoms with E-state index >= 15 is 0 Å². The number of benzene rings is 2. The Morgan fingerprint density at radius 2 is 1.66 bits per heavy atom. The van der Waals surface area contributed by atoms with Crippen LogP contribution < -0.4 is 14.8 Å². The molecule has 0 saturated carbocycles. The van der Waals surface area contributed by atoms with Crippen molar-refractivity contribution in [1.29, 1.82) is 0 Å². The second-order valence-corrected chi connectivity index (χ2v) is 8.03. The summed E-state index contributed by atoms with van der Waals surface area (Å²) in [6, 6.07) is 16.2. The summed E-state index contributed by atoms with van der Waals surface area (Å²) in [6.07, 6.45) is 1.43. The van der Waals surface area contributed by atoms with Crippen LogP contribution in [0.15, 0.2) is 59.2 Å². The quantitative estimate of drug-likeness (QED) is 0.612. The first-order valence-corrected chi connectivity index (χ1v) is 10.8. The highest BCUT2D eigenvalue weighted by atomic mass is 16.7. The van der Waals surface area contributed by atoms with Crippen molar-refractivity contribution < 1.29 is 18.7 Å². The summed E-state index contributed by atoms with van der Waals surface area (Å²) in [5.41, 5.74) is 2.56. The van der Waals surface area contributed by atoms with Crippen molar-refractivity contribution in [1.82, 2.24) is 20.1 Å². The van der Waals surface area contributed by atoms with Gasteiger partial charge < -0.3 is 19.2 Å². The summed E-state index contributed by atoms with van der Waals surface area (Å²) >= 11 is 0. The summed E-state index contributed by atoms with van der Waals surface area (Å²) in [6.45, 7) is 6.07. The first-order valence-electron chi connectivity index (χ1n) is 10.8. The zero-order valence-electron chi connectivity index (χ0n) is 17.8. The number of oxazole rings is 1. The van der Waals surface area contributed by atoms with Crippen molar-refractivity contribution in [2.24, 2.45) is 0 Å². The first kappa shape index (κ1) is 20.5. The van der Waals surface area contributed by atoms with Crippen molar-refractivity contribution in [3.63, 3.8) is 0 Å². The average molecular weight is 434 g/mol. The van der Waals surface area contributed by atoms with Gasteiger partial charge in [0, 0.05) is 39.3 Å². The monoisotopic (exact) mass is 434 g/mol. The van der Waals surface area contributed by atoms with Gasteiger partial charge in [0.15, 0.2) is 17.2 Å². The summed E-state index contributed by atoms with van der Waals surface area (Å²) in [5.74, 6) is 1.73. The van der Waals surface area contributed by atoms with Gasteiger partial charge in [-0.3, -0.25) is 14.6 Å². The van der Waals surface area contributed by atoms with Gasteiger partial charge in [0.05, 0.1) is 6.54 Å². The van der Waals surface area contributed by atoms with E-state index in [1.807, 2.05) is 24.3 Å². The van der Waals surface area contributed by atoms with Gasteiger partial charge in [-0.25, -0.2) is 4.98 Å². The normalized spacial score (nSPS) is 16.2. The van der Waals surface area contributed by atoms with E-state index in [0.717, 1.165) is 44.0 Å². The predicted molar refractivity (Wildman–Crippen MR) is 117 cm³/mol. The van der Waals surface area contributed by atoms with E-state index in [4.69, 9.17) is 13.9 Å². The van der Waals surface area contributed by atoms with Crippen LogP contribution in [-0.4, -0.2) is 53.7 Å². The van der Waals surface area contributed by atoms with Gasteiger partial charge in [-0.05, 0) is 23.3 Å². The molecule has 8 nitrogen and oxygen atoms in total. The number of carbonyl (C=O) groups excluding carboxylic acids is 1. The van der Waals surface area contributed by atoms with Crippen molar-refractivity contribution in [3.05, 3.63) is 77.5 Å². The fourth-order valence-corrected chi connectivity index (χ4v) is 3.95. The highest BCUT2D eigenvalue weighted by Crippen LogP contribution is 2.32. The maximum atomic E-state index is 12.5. The molecule has 0 bridgehead atoms. The van der Waals surface area contributed by atoms with Gasteiger partial charge in [0.1, 0.15) is 6.26 Å². The van der Waals surface area contributed by atoms with E-state index in [-0.39, 0.29) is 12.7 Å². The summed E-state index contributed by atoms with van der Waals surface area (Å²) in [4.78, 5) is 21.6. The summed E-state index contributed by atoms with van der Waals surface area (Å²) in [7, 11) is 0. The zero-order valence-corrected chi connectivity index (χ0v) is 17.8. The Bertz CT molecular complexity index is 1060. The number of rotatable bonds is 7. The minimum absolute atomic E-state index is 0.231. The van der Waals surface area contributed by atoms with Gasteiger partial charge >= 0.3 is 0 Å². The van der Waals surface area contributed by atoms with E-state index in [1.165, 1.54) is 11.8 Å². The topological polar surface area (TPSA) is 80.1 Å². The second-order valence-electron chi connectivity index (χ2n) is 8.03. The molecule has 8 heteroatoms. The zero-order chi connectivity index (χ0) is 21.8. The van der Waals surface area contributed by atoms with Crippen molar-refractivity contribution >= 4 is 5.91 Å². The largest absolute Gasteiger partial charge is 0.454 e. The van der Waals surface area contributed by atoms with Crippen LogP contribution in [0.2, 0.25) is 0 Å². The smallest absolute Gasteiger partial charge is 0.273 e. The van der Waals surface area contributed by atoms with Gasteiger partial charge in [-0.2, -0.15) is 0 Å². The Morgan fingerprint density at radius 1 is 0.906 bits per heavy atom. The molecule has 5 rings (SSSR count). The minimum atomic E-state index is -0.259. The fourth-order valence-electron chi connectivity index (χ4n) is 3.95. The number of fused-ring (bicyclic) bond motifs is 1. The maximum Gasteiger partial charge on any atom is 0.273 e. The number of hydrogen-bond acceptors (Lipinski definition) is 7. The molecule has 3 heterocycles. The molecule has 1 amide bonds. The third kappa shape index (κ3) is 4.92. The van der Waals surface area contributed by atoms with Crippen LogP contribution in [0.25, 0.3) is 0 Å². The summed E-state index contributed by atoms with van der Waals surface area (Å²) in [5, 5.41) is 2.87.